The van der Waals surface area contributed by atoms with Gasteiger partial charge < -0.3 is 28.4 Å². The van der Waals surface area contributed by atoms with Crippen molar-refractivity contribution in [2.75, 3.05) is 67.3 Å². The maximum absolute atomic E-state index is 6.02. The summed E-state index contributed by atoms with van der Waals surface area (Å²) in [5, 5.41) is 2.25. The summed E-state index contributed by atoms with van der Waals surface area (Å²) in [6.45, 7) is 8.55. The molecule has 0 unspecified atom stereocenters. The number of nitrogens with zero attached hydrogens (tertiary/aromatic N) is 1. The molecule has 0 aromatic heterocycles. The molecule has 32 heavy (non-hydrogen) atoms. The zero-order valence-corrected chi connectivity index (χ0v) is 20.5. The van der Waals surface area contributed by atoms with Gasteiger partial charge in [0.2, 0.25) is 0 Å². The van der Waals surface area contributed by atoms with Crippen molar-refractivity contribution in [3.05, 3.63) is 48.5 Å². The number of hydrogen-bond donors (Lipinski definition) is 0. The van der Waals surface area contributed by atoms with Gasteiger partial charge in [-0.1, -0.05) is 38.1 Å². The molecule has 0 bridgehead atoms. The number of rotatable bonds is 17. The quantitative estimate of drug-likeness (QED) is 0.202. The highest BCUT2D eigenvalue weighted by molar-refractivity contribution is 7.71. The van der Waals surface area contributed by atoms with Crippen LogP contribution in [0.1, 0.15) is 13.8 Å². The summed E-state index contributed by atoms with van der Waals surface area (Å²) in [5.41, 5.74) is 0. The van der Waals surface area contributed by atoms with E-state index in [1.807, 2.05) is 36.4 Å². The van der Waals surface area contributed by atoms with E-state index in [2.05, 4.69) is 30.7 Å². The van der Waals surface area contributed by atoms with Crippen LogP contribution >= 0.6 is 8.07 Å². The van der Waals surface area contributed by atoms with Gasteiger partial charge in [0.1, 0.15) is 11.5 Å². The summed E-state index contributed by atoms with van der Waals surface area (Å²) in [7, 11) is 2.42. The van der Waals surface area contributed by atoms with Crippen molar-refractivity contribution in [1.82, 2.24) is 4.67 Å². The van der Waals surface area contributed by atoms with Gasteiger partial charge in [-0.25, -0.2) is 0 Å². The Balaban J connectivity index is 2.29. The normalized spacial score (nSPS) is 11.3. The van der Waals surface area contributed by atoms with Crippen molar-refractivity contribution < 1.29 is 28.4 Å². The van der Waals surface area contributed by atoms with Crippen LogP contribution in [0.3, 0.4) is 0 Å². The first kappa shape index (κ1) is 26.5. The fraction of sp³-hybridized carbons (Fsp3) is 0.500. The lowest BCUT2D eigenvalue weighted by Gasteiger charge is -2.32. The molecular weight excluding hydrogens is 429 g/mol. The van der Waals surface area contributed by atoms with E-state index >= 15 is 0 Å². The van der Waals surface area contributed by atoms with E-state index in [9.17, 15) is 0 Å². The van der Waals surface area contributed by atoms with E-state index in [0.29, 0.717) is 26.4 Å². The van der Waals surface area contributed by atoms with Gasteiger partial charge in [0, 0.05) is 32.9 Å². The first-order valence-corrected chi connectivity index (χ1v) is 12.2. The first-order valence-electron chi connectivity index (χ1n) is 10.9. The number of methoxy groups -OCH3 is 2. The van der Waals surface area contributed by atoms with Crippen LogP contribution in [0.4, 0.5) is 0 Å². The van der Waals surface area contributed by atoms with Crippen LogP contribution in [0.15, 0.2) is 48.5 Å². The van der Waals surface area contributed by atoms with Gasteiger partial charge in [-0.2, -0.15) is 0 Å². The topological polar surface area (TPSA) is 58.6 Å². The molecule has 0 amide bonds. The maximum atomic E-state index is 6.02. The second-order valence-corrected chi connectivity index (χ2v) is 8.87. The highest BCUT2D eigenvalue weighted by Crippen LogP contribution is 2.43. The SMILES string of the molecule is CCN(CC)P(c1ccccc1OCOCCOC)c1ccccc1OCOCCOC. The van der Waals surface area contributed by atoms with Gasteiger partial charge in [0.15, 0.2) is 13.6 Å². The van der Waals surface area contributed by atoms with Crippen LogP contribution in [0.5, 0.6) is 11.5 Å². The maximum Gasteiger partial charge on any atom is 0.189 e. The molecule has 0 aliphatic heterocycles. The zero-order chi connectivity index (χ0) is 23.0. The Morgan fingerprint density at radius 3 is 1.50 bits per heavy atom. The molecule has 0 heterocycles. The van der Waals surface area contributed by atoms with Gasteiger partial charge in [0.05, 0.1) is 26.4 Å². The van der Waals surface area contributed by atoms with Crippen molar-refractivity contribution in [1.29, 1.82) is 0 Å². The molecule has 8 heteroatoms. The van der Waals surface area contributed by atoms with Gasteiger partial charge in [-0.05, 0) is 37.4 Å². The number of hydrogen-bond acceptors (Lipinski definition) is 7. The highest BCUT2D eigenvalue weighted by atomic mass is 31.1. The Hall–Kier alpha value is -1.73. The second kappa shape index (κ2) is 16.0. The van der Waals surface area contributed by atoms with Crippen LogP contribution < -0.4 is 20.1 Å². The monoisotopic (exact) mass is 465 g/mol. The molecule has 0 N–H and O–H groups in total. The lowest BCUT2D eigenvalue weighted by Crippen LogP contribution is -2.30. The summed E-state index contributed by atoms with van der Waals surface area (Å²) in [4.78, 5) is 0. The Morgan fingerprint density at radius 2 is 1.09 bits per heavy atom. The average Bonchev–Trinajstić information content (AvgIpc) is 2.83. The molecule has 0 fully saturated rings. The largest absolute Gasteiger partial charge is 0.467 e. The summed E-state index contributed by atoms with van der Waals surface area (Å²) >= 11 is 0. The fourth-order valence-electron chi connectivity index (χ4n) is 3.06. The molecule has 7 nitrogen and oxygen atoms in total. The minimum Gasteiger partial charge on any atom is -0.467 e. The Morgan fingerprint density at radius 1 is 0.656 bits per heavy atom. The molecule has 2 aromatic carbocycles. The van der Waals surface area contributed by atoms with Crippen LogP contribution in [0.2, 0.25) is 0 Å². The number of para-hydroxylation sites is 2. The molecule has 0 atom stereocenters. The smallest absolute Gasteiger partial charge is 0.189 e. The molecule has 0 saturated heterocycles. The first-order chi connectivity index (χ1) is 15.8. The third-order valence-corrected chi connectivity index (χ3v) is 7.44. The molecule has 0 aliphatic rings. The third kappa shape index (κ3) is 8.32. The van der Waals surface area contributed by atoms with E-state index in [0.717, 1.165) is 35.2 Å². The highest BCUT2D eigenvalue weighted by Gasteiger charge is 2.26. The Labute approximate surface area is 193 Å². The Bertz CT molecular complexity index is 701. The third-order valence-electron chi connectivity index (χ3n) is 4.66. The van der Waals surface area contributed by atoms with Gasteiger partial charge >= 0.3 is 0 Å². The van der Waals surface area contributed by atoms with Gasteiger partial charge in [0.25, 0.3) is 0 Å². The summed E-state index contributed by atoms with van der Waals surface area (Å²) in [6.07, 6.45) is 0. The van der Waals surface area contributed by atoms with Crippen molar-refractivity contribution >= 4 is 18.7 Å². The van der Waals surface area contributed by atoms with E-state index in [-0.39, 0.29) is 13.6 Å². The van der Waals surface area contributed by atoms with Crippen molar-refractivity contribution in [2.45, 2.75) is 13.8 Å². The Kier molecular flexibility index (Phi) is 13.2. The van der Waals surface area contributed by atoms with E-state index in [4.69, 9.17) is 28.4 Å². The van der Waals surface area contributed by atoms with Crippen LogP contribution in [0, 0.1) is 0 Å². The lowest BCUT2D eigenvalue weighted by molar-refractivity contribution is -0.00804. The zero-order valence-electron chi connectivity index (χ0n) is 19.6. The second-order valence-electron chi connectivity index (χ2n) is 6.71. The van der Waals surface area contributed by atoms with Crippen LogP contribution in [-0.2, 0) is 18.9 Å². The standard InChI is InChI=1S/C24H36NO6P/c1-5-25(6-2)32(23-13-9-7-11-21(23)30-19-28-17-15-26-3)24-14-10-8-12-22(24)31-20-29-18-16-27-4/h7-14H,5-6,15-20H2,1-4H3. The van der Waals surface area contributed by atoms with Crippen molar-refractivity contribution in [3.8, 4) is 11.5 Å². The summed E-state index contributed by atoms with van der Waals surface area (Å²) in [5.74, 6) is 1.63. The molecule has 0 aliphatic carbocycles. The van der Waals surface area contributed by atoms with Gasteiger partial charge in [-0.15, -0.1) is 0 Å². The molecule has 178 valence electrons. The van der Waals surface area contributed by atoms with E-state index in [1.165, 1.54) is 0 Å². The predicted octanol–water partition coefficient (Wildman–Crippen LogP) is 3.37. The van der Waals surface area contributed by atoms with Crippen LogP contribution in [-0.4, -0.2) is 72.0 Å². The molecular formula is C24H36NO6P. The average molecular weight is 466 g/mol. The summed E-state index contributed by atoms with van der Waals surface area (Å²) < 4.78 is 35.6. The lowest BCUT2D eigenvalue weighted by atomic mass is 10.3. The minimum atomic E-state index is -0.888. The minimum absolute atomic E-state index is 0.174. The predicted molar refractivity (Wildman–Crippen MR) is 129 cm³/mol. The van der Waals surface area contributed by atoms with E-state index < -0.39 is 8.07 Å². The fourth-order valence-corrected chi connectivity index (χ4v) is 5.65. The van der Waals surface area contributed by atoms with Gasteiger partial charge in [-0.3, -0.25) is 4.67 Å². The van der Waals surface area contributed by atoms with Crippen LogP contribution in [0.25, 0.3) is 0 Å². The van der Waals surface area contributed by atoms with Crippen molar-refractivity contribution in [3.63, 3.8) is 0 Å². The molecule has 0 spiro atoms. The molecule has 2 rings (SSSR count). The summed E-state index contributed by atoms with van der Waals surface area (Å²) in [6, 6.07) is 16.3. The van der Waals surface area contributed by atoms with E-state index in [1.54, 1.807) is 14.2 Å². The number of ether oxygens (including phenoxy) is 6. The molecule has 0 saturated carbocycles. The molecule has 0 radical (unpaired) electrons. The van der Waals surface area contributed by atoms with Crippen molar-refractivity contribution in [2.24, 2.45) is 0 Å². The molecule has 2 aromatic rings. The number of benzene rings is 2.